The molecule has 0 aliphatic carbocycles. The number of nitrogens with one attached hydrogen (secondary N) is 2. The van der Waals surface area contributed by atoms with E-state index in [0.29, 0.717) is 22.8 Å². The van der Waals surface area contributed by atoms with Crippen molar-refractivity contribution in [1.29, 1.82) is 0 Å². The number of hydrogen-bond acceptors (Lipinski definition) is 4. The largest absolute Gasteiger partial charge is 0.496 e. The smallest absolute Gasteiger partial charge is 0.390 e. The van der Waals surface area contributed by atoms with Gasteiger partial charge in [0.05, 0.1) is 39.9 Å². The lowest BCUT2D eigenvalue weighted by atomic mass is 10.1. The molecule has 0 saturated heterocycles. The molecule has 0 aromatic heterocycles. The predicted molar refractivity (Wildman–Crippen MR) is 100 cm³/mol. The van der Waals surface area contributed by atoms with Gasteiger partial charge in [0.15, 0.2) is 5.96 Å². The highest BCUT2D eigenvalue weighted by atomic mass is 127. The highest BCUT2D eigenvalue weighted by Gasteiger charge is 2.26. The number of alkyl halides is 3. The summed E-state index contributed by atoms with van der Waals surface area (Å²) < 4.78 is 52.3. The first-order valence-electron chi connectivity index (χ1n) is 7.14. The second-order valence-corrected chi connectivity index (χ2v) is 4.73. The predicted octanol–water partition coefficient (Wildman–Crippen LogP) is 2.95. The minimum absolute atomic E-state index is 0. The van der Waals surface area contributed by atoms with Crippen LogP contribution in [0, 0.1) is 0 Å². The van der Waals surface area contributed by atoms with Gasteiger partial charge in [0.1, 0.15) is 17.2 Å². The summed E-state index contributed by atoms with van der Waals surface area (Å²) in [5.74, 6) is 1.88. The van der Waals surface area contributed by atoms with Crippen LogP contribution in [-0.2, 0) is 6.54 Å². The molecular weight excluding hydrogens is 454 g/mol. The van der Waals surface area contributed by atoms with Crippen molar-refractivity contribution in [3.05, 3.63) is 17.7 Å². The highest BCUT2D eigenvalue weighted by molar-refractivity contribution is 14.0. The third-order valence-corrected chi connectivity index (χ3v) is 3.17. The molecule has 0 fully saturated rings. The molecular formula is C15H23F3IN3O3. The van der Waals surface area contributed by atoms with E-state index in [1.54, 1.807) is 12.1 Å². The van der Waals surface area contributed by atoms with Gasteiger partial charge in [-0.2, -0.15) is 13.2 Å². The van der Waals surface area contributed by atoms with Gasteiger partial charge in [-0.1, -0.05) is 0 Å². The minimum Gasteiger partial charge on any atom is -0.496 e. The van der Waals surface area contributed by atoms with E-state index >= 15 is 0 Å². The number of methoxy groups -OCH3 is 3. The highest BCUT2D eigenvalue weighted by Crippen LogP contribution is 2.33. The van der Waals surface area contributed by atoms with E-state index in [1.165, 1.54) is 28.4 Å². The zero-order valence-electron chi connectivity index (χ0n) is 14.5. The number of halogens is 4. The molecule has 0 aliphatic heterocycles. The topological polar surface area (TPSA) is 64.1 Å². The second kappa shape index (κ2) is 11.1. The number of ether oxygens (including phenoxy) is 3. The Morgan fingerprint density at radius 2 is 1.60 bits per heavy atom. The van der Waals surface area contributed by atoms with Crippen molar-refractivity contribution >= 4 is 29.9 Å². The molecule has 0 heterocycles. The molecule has 0 radical (unpaired) electrons. The van der Waals surface area contributed by atoms with E-state index in [2.05, 4.69) is 15.6 Å². The summed E-state index contributed by atoms with van der Waals surface area (Å²) in [4.78, 5) is 3.89. The van der Waals surface area contributed by atoms with Crippen LogP contribution < -0.4 is 24.8 Å². The monoisotopic (exact) mass is 477 g/mol. The molecule has 0 aliphatic rings. The fourth-order valence-corrected chi connectivity index (χ4v) is 1.97. The average molecular weight is 477 g/mol. The van der Waals surface area contributed by atoms with E-state index in [1.807, 2.05) is 0 Å². The van der Waals surface area contributed by atoms with Crippen LogP contribution in [-0.4, -0.2) is 47.1 Å². The van der Waals surface area contributed by atoms with E-state index in [9.17, 15) is 13.2 Å². The van der Waals surface area contributed by atoms with Gasteiger partial charge in [-0.3, -0.25) is 4.99 Å². The molecule has 1 aromatic carbocycles. The van der Waals surface area contributed by atoms with Crippen LogP contribution >= 0.6 is 24.0 Å². The number of rotatable bonds is 7. The SMILES string of the molecule is CN=C(NCCC(F)(F)F)NCc1c(OC)cc(OC)cc1OC.I. The fourth-order valence-electron chi connectivity index (χ4n) is 1.97. The number of benzene rings is 1. The first-order valence-corrected chi connectivity index (χ1v) is 7.14. The van der Waals surface area contributed by atoms with Gasteiger partial charge in [0.2, 0.25) is 0 Å². The maximum absolute atomic E-state index is 12.2. The van der Waals surface area contributed by atoms with Gasteiger partial charge in [0.25, 0.3) is 0 Å². The van der Waals surface area contributed by atoms with E-state index in [0.717, 1.165) is 0 Å². The van der Waals surface area contributed by atoms with Gasteiger partial charge < -0.3 is 24.8 Å². The molecule has 25 heavy (non-hydrogen) atoms. The standard InChI is InChI=1S/C15H22F3N3O3.HI/c1-19-14(20-6-5-15(16,17)18)21-9-11-12(23-3)7-10(22-2)8-13(11)24-4;/h7-8H,5-6,9H2,1-4H3,(H2,19,20,21);1H. The van der Waals surface area contributed by atoms with Crippen LogP contribution in [0.2, 0.25) is 0 Å². The molecule has 1 rings (SSSR count). The fraction of sp³-hybridized carbons (Fsp3) is 0.533. The van der Waals surface area contributed by atoms with Crippen molar-refractivity contribution in [3.8, 4) is 17.2 Å². The van der Waals surface area contributed by atoms with Crippen molar-refractivity contribution in [2.75, 3.05) is 34.9 Å². The lowest BCUT2D eigenvalue weighted by Crippen LogP contribution is -2.38. The quantitative estimate of drug-likeness (QED) is 0.360. The van der Waals surface area contributed by atoms with Crippen LogP contribution in [0.15, 0.2) is 17.1 Å². The zero-order chi connectivity index (χ0) is 18.2. The van der Waals surface area contributed by atoms with Gasteiger partial charge in [-0.25, -0.2) is 0 Å². The molecule has 0 saturated carbocycles. The summed E-state index contributed by atoms with van der Waals surface area (Å²) in [6.07, 6.45) is -5.16. The van der Waals surface area contributed by atoms with Crippen molar-refractivity contribution in [2.24, 2.45) is 4.99 Å². The molecule has 0 amide bonds. The Kier molecular flexibility index (Phi) is 10.4. The number of nitrogens with zero attached hydrogens (tertiary/aromatic N) is 1. The summed E-state index contributed by atoms with van der Waals surface area (Å²) in [5, 5.41) is 5.54. The molecule has 2 N–H and O–H groups in total. The third-order valence-electron chi connectivity index (χ3n) is 3.17. The molecule has 0 bridgehead atoms. The Balaban J connectivity index is 0.00000576. The summed E-state index contributed by atoms with van der Waals surface area (Å²) in [5.41, 5.74) is 0.694. The first-order chi connectivity index (χ1) is 11.3. The van der Waals surface area contributed by atoms with Crippen LogP contribution in [0.4, 0.5) is 13.2 Å². The van der Waals surface area contributed by atoms with Crippen LogP contribution in [0.3, 0.4) is 0 Å². The normalized spacial score (nSPS) is 11.4. The lowest BCUT2D eigenvalue weighted by molar-refractivity contribution is -0.132. The number of aliphatic imine (C=N–C) groups is 1. The minimum atomic E-state index is -4.21. The summed E-state index contributed by atoms with van der Waals surface area (Å²) in [6.45, 7) is -0.0118. The molecule has 0 unspecified atom stereocenters. The van der Waals surface area contributed by atoms with Gasteiger partial charge in [-0.15, -0.1) is 24.0 Å². The first kappa shape index (κ1) is 23.4. The Hall–Kier alpha value is -1.59. The van der Waals surface area contributed by atoms with E-state index in [-0.39, 0.29) is 43.0 Å². The molecule has 6 nitrogen and oxygen atoms in total. The summed E-state index contributed by atoms with van der Waals surface area (Å²) in [6, 6.07) is 3.39. The van der Waals surface area contributed by atoms with E-state index < -0.39 is 12.6 Å². The van der Waals surface area contributed by atoms with Crippen molar-refractivity contribution in [3.63, 3.8) is 0 Å². The maximum atomic E-state index is 12.2. The maximum Gasteiger partial charge on any atom is 0.390 e. The second-order valence-electron chi connectivity index (χ2n) is 4.73. The molecule has 144 valence electrons. The summed E-state index contributed by atoms with van der Waals surface area (Å²) in [7, 11) is 6.02. The van der Waals surface area contributed by atoms with E-state index in [4.69, 9.17) is 14.2 Å². The summed E-state index contributed by atoms with van der Waals surface area (Å²) >= 11 is 0. The molecule has 10 heteroatoms. The Bertz CT molecular complexity index is 544. The van der Waals surface area contributed by atoms with Gasteiger partial charge in [0, 0.05) is 25.7 Å². The number of guanidine groups is 1. The van der Waals surface area contributed by atoms with Crippen molar-refractivity contribution < 1.29 is 27.4 Å². The van der Waals surface area contributed by atoms with Gasteiger partial charge in [-0.05, 0) is 0 Å². The Labute approximate surface area is 162 Å². The van der Waals surface area contributed by atoms with Crippen molar-refractivity contribution in [2.45, 2.75) is 19.1 Å². The number of hydrogen-bond donors (Lipinski definition) is 2. The van der Waals surface area contributed by atoms with Crippen LogP contribution in [0.1, 0.15) is 12.0 Å². The molecule has 1 aromatic rings. The van der Waals surface area contributed by atoms with Crippen LogP contribution in [0.5, 0.6) is 17.2 Å². The van der Waals surface area contributed by atoms with Crippen LogP contribution in [0.25, 0.3) is 0 Å². The lowest BCUT2D eigenvalue weighted by Gasteiger charge is -2.17. The Morgan fingerprint density at radius 1 is 1.04 bits per heavy atom. The molecule has 0 spiro atoms. The molecule has 0 atom stereocenters. The zero-order valence-corrected chi connectivity index (χ0v) is 16.8. The van der Waals surface area contributed by atoms with Gasteiger partial charge >= 0.3 is 6.18 Å². The Morgan fingerprint density at radius 3 is 2.00 bits per heavy atom. The third kappa shape index (κ3) is 7.88. The average Bonchev–Trinajstić information content (AvgIpc) is 2.56. The van der Waals surface area contributed by atoms with Crippen molar-refractivity contribution in [1.82, 2.24) is 10.6 Å².